The normalized spacial score (nSPS) is 11.9. The van der Waals surface area contributed by atoms with Crippen LogP contribution in [0.15, 0.2) is 59.9 Å². The number of pyridine rings is 1. The molecule has 28 heavy (non-hydrogen) atoms. The van der Waals surface area contributed by atoms with Crippen LogP contribution in [-0.4, -0.2) is 48.1 Å². The van der Waals surface area contributed by atoms with Crippen LogP contribution in [0.2, 0.25) is 0 Å². The van der Waals surface area contributed by atoms with Gasteiger partial charge in [-0.2, -0.15) is 0 Å². The number of hydrogen-bond donors (Lipinski definition) is 4. The van der Waals surface area contributed by atoms with E-state index in [0.717, 1.165) is 12.1 Å². The van der Waals surface area contributed by atoms with E-state index in [1.807, 2.05) is 37.3 Å². The van der Waals surface area contributed by atoms with Crippen LogP contribution in [0.4, 0.5) is 0 Å². The Hall–Kier alpha value is -2.20. The molecule has 1 heterocycles. The number of aliphatic imine (C=N–C) groups is 1. The van der Waals surface area contributed by atoms with E-state index in [1.54, 1.807) is 18.3 Å². The zero-order valence-electron chi connectivity index (χ0n) is 16.0. The van der Waals surface area contributed by atoms with E-state index >= 15 is 0 Å². The van der Waals surface area contributed by atoms with Crippen molar-refractivity contribution >= 4 is 35.8 Å². The van der Waals surface area contributed by atoms with Gasteiger partial charge in [0.05, 0.1) is 11.7 Å². The summed E-state index contributed by atoms with van der Waals surface area (Å²) in [7, 11) is 0. The third-order valence-electron chi connectivity index (χ3n) is 3.83. The van der Waals surface area contributed by atoms with Gasteiger partial charge in [0, 0.05) is 38.6 Å². The third kappa shape index (κ3) is 8.66. The Morgan fingerprint density at radius 1 is 1.11 bits per heavy atom. The molecule has 0 aliphatic heterocycles. The average molecular weight is 497 g/mol. The summed E-state index contributed by atoms with van der Waals surface area (Å²) >= 11 is 0. The first-order valence-corrected chi connectivity index (χ1v) is 9.14. The van der Waals surface area contributed by atoms with E-state index in [1.165, 1.54) is 6.20 Å². The minimum absolute atomic E-state index is 0. The smallest absolute Gasteiger partial charge is 0.252 e. The molecule has 0 radical (unpaired) electrons. The van der Waals surface area contributed by atoms with Gasteiger partial charge in [0.1, 0.15) is 0 Å². The predicted octanol–water partition coefficient (Wildman–Crippen LogP) is 2.11. The van der Waals surface area contributed by atoms with Crippen LogP contribution >= 0.6 is 24.0 Å². The monoisotopic (exact) mass is 497 g/mol. The molecule has 152 valence electrons. The van der Waals surface area contributed by atoms with Crippen LogP contribution in [0, 0.1) is 0 Å². The Morgan fingerprint density at radius 3 is 2.54 bits per heavy atom. The maximum Gasteiger partial charge on any atom is 0.252 e. The van der Waals surface area contributed by atoms with Gasteiger partial charge >= 0.3 is 0 Å². The second kappa shape index (κ2) is 13.9. The first-order chi connectivity index (χ1) is 13.2. The summed E-state index contributed by atoms with van der Waals surface area (Å²) in [5.41, 5.74) is 1.43. The number of hydrogen-bond acceptors (Lipinski definition) is 4. The fourth-order valence-corrected chi connectivity index (χ4v) is 2.44. The molecule has 1 unspecified atom stereocenters. The predicted molar refractivity (Wildman–Crippen MR) is 122 cm³/mol. The molecule has 0 spiro atoms. The number of guanidine groups is 1. The highest BCUT2D eigenvalue weighted by molar-refractivity contribution is 14.0. The van der Waals surface area contributed by atoms with Gasteiger partial charge in [0.2, 0.25) is 0 Å². The van der Waals surface area contributed by atoms with Gasteiger partial charge in [-0.3, -0.25) is 14.8 Å². The molecule has 0 aliphatic rings. The SMILES string of the molecule is CCNC(=NCCC(O)c1ccccc1)NCCNC(=O)c1cccnc1.I. The van der Waals surface area contributed by atoms with Crippen LogP contribution in [-0.2, 0) is 0 Å². The van der Waals surface area contributed by atoms with Gasteiger partial charge in [0.15, 0.2) is 5.96 Å². The number of nitrogens with zero attached hydrogens (tertiary/aromatic N) is 2. The molecule has 2 aromatic rings. The number of benzene rings is 1. The van der Waals surface area contributed by atoms with Gasteiger partial charge in [-0.1, -0.05) is 30.3 Å². The van der Waals surface area contributed by atoms with Crippen molar-refractivity contribution in [1.29, 1.82) is 0 Å². The maximum atomic E-state index is 11.9. The molecule has 1 atom stereocenters. The van der Waals surface area contributed by atoms with Crippen molar-refractivity contribution in [2.24, 2.45) is 4.99 Å². The highest BCUT2D eigenvalue weighted by atomic mass is 127. The zero-order chi connectivity index (χ0) is 19.3. The molecule has 1 amide bonds. The standard InChI is InChI=1S/C20H27N5O2.HI/c1-2-22-20(24-12-10-18(26)16-7-4-3-5-8-16)25-14-13-23-19(27)17-9-6-11-21-15-17;/h3-9,11,15,18,26H,2,10,12-14H2,1H3,(H,23,27)(H2,22,24,25);1H. The Bertz CT molecular complexity index is 713. The molecule has 4 N–H and O–H groups in total. The molecule has 0 bridgehead atoms. The summed E-state index contributed by atoms with van der Waals surface area (Å²) in [6, 6.07) is 13.0. The van der Waals surface area contributed by atoms with Gasteiger partial charge in [-0.15, -0.1) is 24.0 Å². The Labute approximate surface area is 183 Å². The van der Waals surface area contributed by atoms with Crippen LogP contribution in [0.25, 0.3) is 0 Å². The first-order valence-electron chi connectivity index (χ1n) is 9.14. The number of carbonyl (C=O) groups is 1. The summed E-state index contributed by atoms with van der Waals surface area (Å²) < 4.78 is 0. The third-order valence-corrected chi connectivity index (χ3v) is 3.83. The van der Waals surface area contributed by atoms with Crippen molar-refractivity contribution in [3.05, 3.63) is 66.0 Å². The molecular formula is C20H28IN5O2. The summed E-state index contributed by atoms with van der Waals surface area (Å²) in [6.45, 7) is 4.21. The maximum absolute atomic E-state index is 11.9. The quantitative estimate of drug-likeness (QED) is 0.184. The number of rotatable bonds is 9. The van der Waals surface area contributed by atoms with Crippen molar-refractivity contribution in [3.63, 3.8) is 0 Å². The molecule has 0 saturated carbocycles. The Kier molecular flexibility index (Phi) is 11.8. The number of amides is 1. The van der Waals surface area contributed by atoms with Gasteiger partial charge in [-0.25, -0.2) is 0 Å². The number of carbonyl (C=O) groups excluding carboxylic acids is 1. The van der Waals surface area contributed by atoms with Crippen LogP contribution < -0.4 is 16.0 Å². The largest absolute Gasteiger partial charge is 0.388 e. The topological polar surface area (TPSA) is 98.6 Å². The molecule has 0 fully saturated rings. The number of aliphatic hydroxyl groups excluding tert-OH is 1. The van der Waals surface area contributed by atoms with Crippen LogP contribution in [0.5, 0.6) is 0 Å². The van der Waals surface area contributed by atoms with Crippen molar-refractivity contribution in [2.75, 3.05) is 26.2 Å². The molecule has 1 aromatic carbocycles. The Balaban J connectivity index is 0.00000392. The molecule has 0 aliphatic carbocycles. The van der Waals surface area contributed by atoms with E-state index in [-0.39, 0.29) is 29.9 Å². The molecule has 8 heteroatoms. The van der Waals surface area contributed by atoms with Crippen LogP contribution in [0.1, 0.15) is 35.4 Å². The summed E-state index contributed by atoms with van der Waals surface area (Å²) in [6.07, 6.45) is 3.17. The molecule has 7 nitrogen and oxygen atoms in total. The minimum Gasteiger partial charge on any atom is -0.388 e. The van der Waals surface area contributed by atoms with Gasteiger partial charge in [0.25, 0.3) is 5.91 Å². The van der Waals surface area contributed by atoms with Crippen molar-refractivity contribution < 1.29 is 9.90 Å². The number of aromatic nitrogens is 1. The van der Waals surface area contributed by atoms with E-state index in [0.29, 0.717) is 37.6 Å². The van der Waals surface area contributed by atoms with Crippen LogP contribution in [0.3, 0.4) is 0 Å². The zero-order valence-corrected chi connectivity index (χ0v) is 18.3. The lowest BCUT2D eigenvalue weighted by atomic mass is 10.1. The second-order valence-electron chi connectivity index (χ2n) is 5.90. The van der Waals surface area contributed by atoms with Crippen molar-refractivity contribution in [1.82, 2.24) is 20.9 Å². The summed E-state index contributed by atoms with van der Waals surface area (Å²) in [4.78, 5) is 20.3. The second-order valence-corrected chi connectivity index (χ2v) is 5.90. The Morgan fingerprint density at radius 2 is 1.86 bits per heavy atom. The van der Waals surface area contributed by atoms with Crippen molar-refractivity contribution in [3.8, 4) is 0 Å². The number of nitrogens with one attached hydrogen (secondary N) is 3. The molecule has 0 saturated heterocycles. The van der Waals surface area contributed by atoms with Gasteiger partial charge in [-0.05, 0) is 31.0 Å². The van der Waals surface area contributed by atoms with Gasteiger partial charge < -0.3 is 21.1 Å². The van der Waals surface area contributed by atoms with E-state index in [4.69, 9.17) is 0 Å². The number of aliphatic hydroxyl groups is 1. The first kappa shape index (κ1) is 23.8. The van der Waals surface area contributed by atoms with E-state index in [9.17, 15) is 9.90 Å². The van der Waals surface area contributed by atoms with E-state index < -0.39 is 6.10 Å². The molecule has 2 rings (SSSR count). The lowest BCUT2D eigenvalue weighted by Gasteiger charge is -2.13. The highest BCUT2D eigenvalue weighted by Crippen LogP contribution is 2.15. The average Bonchev–Trinajstić information content (AvgIpc) is 2.72. The fourth-order valence-electron chi connectivity index (χ4n) is 2.44. The number of halogens is 1. The fraction of sp³-hybridized carbons (Fsp3) is 0.350. The lowest BCUT2D eigenvalue weighted by molar-refractivity contribution is 0.0954. The summed E-state index contributed by atoms with van der Waals surface area (Å²) in [5.74, 6) is 0.506. The van der Waals surface area contributed by atoms with E-state index in [2.05, 4.69) is 25.9 Å². The molecular weight excluding hydrogens is 469 g/mol. The lowest BCUT2D eigenvalue weighted by Crippen LogP contribution is -2.41. The minimum atomic E-state index is -0.531. The van der Waals surface area contributed by atoms with Crippen molar-refractivity contribution in [2.45, 2.75) is 19.4 Å². The highest BCUT2D eigenvalue weighted by Gasteiger charge is 2.07. The summed E-state index contributed by atoms with van der Waals surface area (Å²) in [5, 5.41) is 19.3. The molecule has 1 aromatic heterocycles.